The molecule has 0 aromatic heterocycles. The van der Waals surface area contributed by atoms with Gasteiger partial charge in [0, 0.05) is 0 Å². The molecule has 0 nitrogen and oxygen atoms in total. The van der Waals surface area contributed by atoms with Gasteiger partial charge >= 0.3 is 0 Å². The Morgan fingerprint density at radius 1 is 1.25 bits per heavy atom. The number of fused-ring (bicyclic) bond motifs is 3. The molecule has 5 rings (SSSR count). The van der Waals surface area contributed by atoms with Gasteiger partial charge in [-0.3, -0.25) is 0 Å². The summed E-state index contributed by atoms with van der Waals surface area (Å²) in [4.78, 5) is 0. The highest BCUT2D eigenvalue weighted by molar-refractivity contribution is 5.24. The zero-order valence-corrected chi connectivity index (χ0v) is 7.50. The Morgan fingerprint density at radius 2 is 2.25 bits per heavy atom. The predicted molar refractivity (Wildman–Crippen MR) is 48.6 cm³/mol. The molecule has 1 spiro atoms. The van der Waals surface area contributed by atoms with E-state index in [1.165, 1.54) is 6.42 Å². The van der Waals surface area contributed by atoms with Crippen LogP contribution in [0.3, 0.4) is 0 Å². The van der Waals surface area contributed by atoms with Crippen molar-refractivity contribution in [1.82, 2.24) is 0 Å². The van der Waals surface area contributed by atoms with Crippen LogP contribution in [-0.2, 0) is 0 Å². The second-order valence-corrected chi connectivity index (χ2v) is 5.53. The Labute approximate surface area is 74.0 Å². The number of allylic oxidation sites excluding steroid dienone is 2. The summed E-state index contributed by atoms with van der Waals surface area (Å²) >= 11 is 0. The van der Waals surface area contributed by atoms with Gasteiger partial charge in [0.15, 0.2) is 0 Å². The molecule has 0 N–H and O–H groups in total. The first-order chi connectivity index (χ1) is 5.90. The van der Waals surface area contributed by atoms with Crippen LogP contribution in [0.25, 0.3) is 0 Å². The molecule has 5 atom stereocenters. The van der Waals surface area contributed by atoms with Crippen molar-refractivity contribution in [2.75, 3.05) is 0 Å². The van der Waals surface area contributed by atoms with Gasteiger partial charge in [-0.05, 0) is 61.2 Å². The number of hydrogen-bond donors (Lipinski definition) is 0. The molecule has 0 heteroatoms. The second kappa shape index (κ2) is 1.66. The molecule has 0 amide bonds. The highest BCUT2D eigenvalue weighted by atomic mass is 14.7. The second-order valence-electron chi connectivity index (χ2n) is 5.53. The van der Waals surface area contributed by atoms with Gasteiger partial charge in [-0.25, -0.2) is 0 Å². The van der Waals surface area contributed by atoms with E-state index >= 15 is 0 Å². The Balaban J connectivity index is 1.86. The first kappa shape index (κ1) is 6.23. The van der Waals surface area contributed by atoms with E-state index in [0.29, 0.717) is 0 Å². The van der Waals surface area contributed by atoms with Crippen molar-refractivity contribution in [2.45, 2.75) is 32.1 Å². The summed E-state index contributed by atoms with van der Waals surface area (Å²) in [6, 6.07) is 0. The van der Waals surface area contributed by atoms with E-state index < -0.39 is 0 Å². The Morgan fingerprint density at radius 3 is 3.08 bits per heavy atom. The lowest BCUT2D eigenvalue weighted by Gasteiger charge is -2.59. The van der Waals surface area contributed by atoms with E-state index in [-0.39, 0.29) is 0 Å². The van der Waals surface area contributed by atoms with Gasteiger partial charge in [-0.1, -0.05) is 12.2 Å². The van der Waals surface area contributed by atoms with Crippen LogP contribution in [0, 0.1) is 29.1 Å². The average Bonchev–Trinajstić information content (AvgIpc) is 2.61. The fourth-order valence-corrected chi connectivity index (χ4v) is 5.13. The van der Waals surface area contributed by atoms with Crippen LogP contribution in [-0.4, -0.2) is 0 Å². The van der Waals surface area contributed by atoms with Gasteiger partial charge < -0.3 is 0 Å². The topological polar surface area (TPSA) is 0 Å². The van der Waals surface area contributed by atoms with E-state index in [1.54, 1.807) is 25.7 Å². The molecule has 5 aliphatic carbocycles. The summed E-state index contributed by atoms with van der Waals surface area (Å²) in [5.41, 5.74) is 0.863. The monoisotopic (exact) mass is 160 g/mol. The van der Waals surface area contributed by atoms with E-state index in [9.17, 15) is 0 Å². The summed E-state index contributed by atoms with van der Waals surface area (Å²) in [6.07, 6.45) is 12.7. The third-order valence-corrected chi connectivity index (χ3v) is 5.42. The van der Waals surface area contributed by atoms with Gasteiger partial charge in [0.2, 0.25) is 0 Å². The molecule has 0 aliphatic heterocycles. The summed E-state index contributed by atoms with van der Waals surface area (Å²) in [5.74, 6) is 4.47. The van der Waals surface area contributed by atoms with E-state index in [1.807, 2.05) is 0 Å². The van der Waals surface area contributed by atoms with Crippen molar-refractivity contribution in [3.63, 3.8) is 0 Å². The van der Waals surface area contributed by atoms with Gasteiger partial charge in [-0.2, -0.15) is 0 Å². The third kappa shape index (κ3) is 0.448. The summed E-state index contributed by atoms with van der Waals surface area (Å²) in [6.45, 7) is 0. The van der Waals surface area contributed by atoms with E-state index in [2.05, 4.69) is 12.2 Å². The van der Waals surface area contributed by atoms with Gasteiger partial charge in [0.05, 0.1) is 0 Å². The first-order valence-electron chi connectivity index (χ1n) is 5.57. The molecule has 3 saturated carbocycles. The molecule has 12 heavy (non-hydrogen) atoms. The maximum atomic E-state index is 2.52. The van der Waals surface area contributed by atoms with Crippen LogP contribution in [0.15, 0.2) is 12.2 Å². The van der Waals surface area contributed by atoms with Crippen molar-refractivity contribution in [3.05, 3.63) is 12.2 Å². The Hall–Kier alpha value is -0.260. The lowest BCUT2D eigenvalue weighted by molar-refractivity contribution is -0.0728. The molecule has 0 heterocycles. The van der Waals surface area contributed by atoms with Crippen LogP contribution in [0.2, 0.25) is 0 Å². The van der Waals surface area contributed by atoms with Crippen molar-refractivity contribution in [3.8, 4) is 0 Å². The first-order valence-corrected chi connectivity index (χ1v) is 5.57. The number of hydrogen-bond acceptors (Lipinski definition) is 0. The van der Waals surface area contributed by atoms with Crippen LogP contribution in [0.1, 0.15) is 32.1 Å². The zero-order valence-electron chi connectivity index (χ0n) is 7.50. The summed E-state index contributed by atoms with van der Waals surface area (Å²) in [5, 5.41) is 0. The van der Waals surface area contributed by atoms with Crippen molar-refractivity contribution in [1.29, 1.82) is 0 Å². The van der Waals surface area contributed by atoms with Crippen LogP contribution >= 0.6 is 0 Å². The average molecular weight is 160 g/mol. The SMILES string of the molecule is C1=CC2CC3(C1)C1CCC(C1)C23. The third-order valence-electron chi connectivity index (χ3n) is 5.42. The molecule has 64 valence electrons. The number of rotatable bonds is 0. The summed E-state index contributed by atoms with van der Waals surface area (Å²) in [7, 11) is 0. The smallest absolute Gasteiger partial charge is 0.0191 e. The molecule has 5 unspecified atom stereocenters. The minimum absolute atomic E-state index is 0.863. The Kier molecular flexibility index (Phi) is 0.865. The zero-order chi connectivity index (χ0) is 7.76. The van der Waals surface area contributed by atoms with Crippen molar-refractivity contribution < 1.29 is 0 Å². The minimum atomic E-state index is 0.863. The van der Waals surface area contributed by atoms with Gasteiger partial charge in [-0.15, -0.1) is 0 Å². The molecule has 5 aliphatic rings. The minimum Gasteiger partial charge on any atom is -0.0877 e. The van der Waals surface area contributed by atoms with E-state index in [4.69, 9.17) is 0 Å². The maximum absolute atomic E-state index is 2.52. The van der Waals surface area contributed by atoms with Crippen LogP contribution < -0.4 is 0 Å². The van der Waals surface area contributed by atoms with E-state index in [0.717, 1.165) is 29.1 Å². The molecule has 4 bridgehead atoms. The lowest BCUT2D eigenvalue weighted by Crippen LogP contribution is -2.52. The quantitative estimate of drug-likeness (QED) is 0.478. The normalized spacial score (nSPS) is 64.7. The molecule has 0 saturated heterocycles. The van der Waals surface area contributed by atoms with Crippen LogP contribution in [0.4, 0.5) is 0 Å². The molecular weight excluding hydrogens is 144 g/mol. The van der Waals surface area contributed by atoms with Gasteiger partial charge in [0.25, 0.3) is 0 Å². The standard InChI is InChI=1S/C12H16/c1-2-9-7-12(5-1)10-4-3-8(6-10)11(9)12/h1-2,8-11H,3-7H2. The predicted octanol–water partition coefficient (Wildman–Crippen LogP) is 3.00. The summed E-state index contributed by atoms with van der Waals surface area (Å²) < 4.78 is 0. The lowest BCUT2D eigenvalue weighted by atomic mass is 9.45. The highest BCUT2D eigenvalue weighted by Gasteiger charge is 2.66. The molecule has 0 aromatic carbocycles. The van der Waals surface area contributed by atoms with Crippen LogP contribution in [0.5, 0.6) is 0 Å². The fourth-order valence-electron chi connectivity index (χ4n) is 5.13. The van der Waals surface area contributed by atoms with Crippen molar-refractivity contribution in [2.24, 2.45) is 29.1 Å². The fraction of sp³-hybridized carbons (Fsp3) is 0.833. The molecule has 0 radical (unpaired) electrons. The van der Waals surface area contributed by atoms with Gasteiger partial charge in [0.1, 0.15) is 0 Å². The largest absolute Gasteiger partial charge is 0.0877 e. The molecular formula is C12H16. The molecule has 0 aromatic rings. The maximum Gasteiger partial charge on any atom is -0.0191 e. The molecule has 3 fully saturated rings. The highest BCUT2D eigenvalue weighted by Crippen LogP contribution is 2.74. The Bertz CT molecular complexity index is 265. The van der Waals surface area contributed by atoms with Crippen molar-refractivity contribution >= 4 is 0 Å².